The quantitative estimate of drug-likeness (QED) is 0.668. The first-order valence-corrected chi connectivity index (χ1v) is 7.05. The Kier molecular flexibility index (Phi) is 4.08. The molecule has 1 fully saturated rings. The summed E-state index contributed by atoms with van der Waals surface area (Å²) in [5.74, 6) is 0.808. The zero-order valence-corrected chi connectivity index (χ0v) is 12.0. The van der Waals surface area contributed by atoms with Crippen LogP contribution < -0.4 is 10.2 Å². The largest absolute Gasteiger partial charge is 0.357 e. The molecule has 8 heteroatoms. The van der Waals surface area contributed by atoms with Crippen LogP contribution in [0.1, 0.15) is 13.8 Å². The van der Waals surface area contributed by atoms with Crippen LogP contribution in [0.25, 0.3) is 0 Å². The molecule has 1 saturated heterocycles. The summed E-state index contributed by atoms with van der Waals surface area (Å²) in [5, 5.41) is 14.8. The van der Waals surface area contributed by atoms with Crippen LogP contribution in [0.2, 0.25) is 0 Å². The second kappa shape index (κ2) is 5.60. The van der Waals surface area contributed by atoms with Crippen LogP contribution in [-0.2, 0) is 0 Å². The third-order valence-corrected chi connectivity index (χ3v) is 4.12. The van der Waals surface area contributed by atoms with Crippen molar-refractivity contribution >= 4 is 29.2 Å². The van der Waals surface area contributed by atoms with Crippen LogP contribution in [0.4, 0.5) is 17.5 Å². The topological polar surface area (TPSA) is 84.2 Å². The van der Waals surface area contributed by atoms with Crippen LogP contribution in [0.3, 0.4) is 0 Å². The van der Waals surface area contributed by atoms with Gasteiger partial charge in [-0.05, 0) is 0 Å². The molecule has 0 saturated carbocycles. The summed E-state index contributed by atoms with van der Waals surface area (Å²) >= 11 is 1.89. The van der Waals surface area contributed by atoms with Crippen LogP contribution in [0.15, 0.2) is 6.20 Å². The fourth-order valence-corrected chi connectivity index (χ4v) is 3.52. The molecule has 0 spiro atoms. The van der Waals surface area contributed by atoms with Gasteiger partial charge < -0.3 is 10.2 Å². The van der Waals surface area contributed by atoms with Gasteiger partial charge in [-0.15, -0.1) is 0 Å². The van der Waals surface area contributed by atoms with Gasteiger partial charge in [0.15, 0.2) is 0 Å². The highest BCUT2D eigenvalue weighted by Gasteiger charge is 2.29. The van der Waals surface area contributed by atoms with Crippen molar-refractivity contribution in [2.45, 2.75) is 24.3 Å². The normalized spacial score (nSPS) is 23.2. The van der Waals surface area contributed by atoms with Crippen molar-refractivity contribution in [3.8, 4) is 0 Å². The zero-order chi connectivity index (χ0) is 14.0. The Bertz CT molecular complexity index is 474. The van der Waals surface area contributed by atoms with E-state index in [-0.39, 0.29) is 5.69 Å². The first-order chi connectivity index (χ1) is 9.01. The number of anilines is 2. The van der Waals surface area contributed by atoms with Gasteiger partial charge in [-0.3, -0.25) is 10.1 Å². The second-order valence-corrected chi connectivity index (χ2v) is 6.45. The van der Waals surface area contributed by atoms with Crippen molar-refractivity contribution in [1.29, 1.82) is 0 Å². The van der Waals surface area contributed by atoms with Crippen molar-refractivity contribution in [1.82, 2.24) is 9.97 Å². The van der Waals surface area contributed by atoms with Gasteiger partial charge in [0.05, 0.1) is 4.92 Å². The number of nitro groups is 1. The van der Waals surface area contributed by atoms with E-state index >= 15 is 0 Å². The van der Waals surface area contributed by atoms with Gasteiger partial charge in [0.2, 0.25) is 11.8 Å². The molecule has 0 aromatic carbocycles. The zero-order valence-electron chi connectivity index (χ0n) is 11.2. The van der Waals surface area contributed by atoms with Gasteiger partial charge in [-0.1, -0.05) is 13.8 Å². The summed E-state index contributed by atoms with van der Waals surface area (Å²) in [4.78, 5) is 20.8. The molecule has 1 N–H and O–H groups in total. The lowest BCUT2D eigenvalue weighted by Crippen LogP contribution is -2.41. The molecule has 1 aromatic rings. The van der Waals surface area contributed by atoms with Gasteiger partial charge >= 0.3 is 5.69 Å². The maximum atomic E-state index is 11.1. The first kappa shape index (κ1) is 13.9. The Labute approximate surface area is 116 Å². The van der Waals surface area contributed by atoms with E-state index < -0.39 is 4.92 Å². The molecule has 19 heavy (non-hydrogen) atoms. The number of hydrogen-bond acceptors (Lipinski definition) is 7. The van der Waals surface area contributed by atoms with E-state index in [9.17, 15) is 10.1 Å². The minimum Gasteiger partial charge on any atom is -0.357 e. The average molecular weight is 283 g/mol. The van der Waals surface area contributed by atoms with Gasteiger partial charge in [-0.25, -0.2) is 4.98 Å². The fourth-order valence-electron chi connectivity index (χ4n) is 2.20. The minimum atomic E-state index is -0.425. The number of nitrogens with one attached hydrogen (secondary N) is 1. The van der Waals surface area contributed by atoms with Crippen LogP contribution in [0, 0.1) is 10.1 Å². The SMILES string of the molecule is CNc1ncc([N+](=O)[O-])c(N2CC(C)SC(C)C2)n1. The van der Waals surface area contributed by atoms with E-state index in [1.807, 2.05) is 16.7 Å². The molecular weight excluding hydrogens is 266 g/mol. The van der Waals surface area contributed by atoms with Gasteiger partial charge in [0.25, 0.3) is 0 Å². The summed E-state index contributed by atoms with van der Waals surface area (Å²) in [6.45, 7) is 5.77. The van der Waals surface area contributed by atoms with E-state index in [0.29, 0.717) is 22.3 Å². The van der Waals surface area contributed by atoms with Crippen LogP contribution in [0.5, 0.6) is 0 Å². The third-order valence-electron chi connectivity index (χ3n) is 2.89. The Hall–Kier alpha value is -1.57. The Morgan fingerprint density at radius 2 is 2.11 bits per heavy atom. The van der Waals surface area contributed by atoms with E-state index in [4.69, 9.17) is 0 Å². The second-order valence-electron chi connectivity index (χ2n) is 4.57. The molecule has 0 radical (unpaired) electrons. The number of aromatic nitrogens is 2. The highest BCUT2D eigenvalue weighted by molar-refractivity contribution is 8.00. The standard InChI is InChI=1S/C11H17N5O2S/c1-7-5-15(6-8(2)19-7)10-9(16(17)18)4-13-11(12-3)14-10/h4,7-8H,5-6H2,1-3H3,(H,12,13,14). The Balaban J connectivity index is 2.38. The van der Waals surface area contributed by atoms with E-state index in [0.717, 1.165) is 13.1 Å². The summed E-state index contributed by atoms with van der Waals surface area (Å²) in [6, 6.07) is 0. The Morgan fingerprint density at radius 1 is 1.47 bits per heavy atom. The summed E-state index contributed by atoms with van der Waals surface area (Å²) in [7, 11) is 1.70. The number of nitrogens with zero attached hydrogens (tertiary/aromatic N) is 4. The fraction of sp³-hybridized carbons (Fsp3) is 0.636. The Morgan fingerprint density at radius 3 is 2.63 bits per heavy atom. The molecule has 1 aliphatic heterocycles. The van der Waals surface area contributed by atoms with Crippen molar-refractivity contribution in [3.63, 3.8) is 0 Å². The summed E-state index contributed by atoms with van der Waals surface area (Å²) < 4.78 is 0. The first-order valence-electron chi connectivity index (χ1n) is 6.11. The molecule has 0 aliphatic carbocycles. The number of hydrogen-bond donors (Lipinski definition) is 1. The number of thioether (sulfide) groups is 1. The maximum absolute atomic E-state index is 11.1. The van der Waals surface area contributed by atoms with Crippen molar-refractivity contribution < 1.29 is 4.92 Å². The summed E-state index contributed by atoms with van der Waals surface area (Å²) in [5.41, 5.74) is -0.0368. The molecule has 0 bridgehead atoms. The van der Waals surface area contributed by atoms with Crippen molar-refractivity contribution in [2.75, 3.05) is 30.4 Å². The monoisotopic (exact) mass is 283 g/mol. The highest BCUT2D eigenvalue weighted by Crippen LogP contribution is 2.32. The molecular formula is C11H17N5O2S. The van der Waals surface area contributed by atoms with E-state index in [2.05, 4.69) is 29.1 Å². The highest BCUT2D eigenvalue weighted by atomic mass is 32.2. The van der Waals surface area contributed by atoms with Gasteiger partial charge in [0.1, 0.15) is 6.20 Å². The lowest BCUT2D eigenvalue weighted by molar-refractivity contribution is -0.384. The smallest absolute Gasteiger partial charge is 0.329 e. The number of rotatable bonds is 3. The van der Waals surface area contributed by atoms with Crippen molar-refractivity contribution in [2.24, 2.45) is 0 Å². The lowest BCUT2D eigenvalue weighted by Gasteiger charge is -2.34. The van der Waals surface area contributed by atoms with Gasteiger partial charge in [0, 0.05) is 30.6 Å². The van der Waals surface area contributed by atoms with Crippen LogP contribution in [-0.4, -0.2) is 45.5 Å². The van der Waals surface area contributed by atoms with E-state index in [1.165, 1.54) is 6.20 Å². The third kappa shape index (κ3) is 3.06. The average Bonchev–Trinajstić information content (AvgIpc) is 2.36. The molecule has 1 aliphatic rings. The molecule has 7 nitrogen and oxygen atoms in total. The lowest BCUT2D eigenvalue weighted by atomic mass is 10.3. The molecule has 1 aromatic heterocycles. The molecule has 2 atom stereocenters. The predicted molar refractivity (Wildman–Crippen MR) is 77.0 cm³/mol. The van der Waals surface area contributed by atoms with Crippen molar-refractivity contribution in [3.05, 3.63) is 16.3 Å². The molecule has 2 unspecified atom stereocenters. The minimum absolute atomic E-state index is 0.0368. The molecule has 2 rings (SSSR count). The van der Waals surface area contributed by atoms with E-state index in [1.54, 1.807) is 7.05 Å². The van der Waals surface area contributed by atoms with Crippen LogP contribution >= 0.6 is 11.8 Å². The molecule has 104 valence electrons. The molecule has 0 amide bonds. The molecule has 2 heterocycles. The summed E-state index contributed by atoms with van der Waals surface area (Å²) in [6.07, 6.45) is 1.27. The van der Waals surface area contributed by atoms with Gasteiger partial charge in [-0.2, -0.15) is 16.7 Å². The predicted octanol–water partition coefficient (Wildman–Crippen LogP) is 1.76. The maximum Gasteiger partial charge on any atom is 0.329 e.